The van der Waals surface area contributed by atoms with E-state index in [2.05, 4.69) is 68.3 Å². The average molecular weight is 401 g/mol. The molecule has 0 spiro atoms. The highest BCUT2D eigenvalue weighted by Crippen LogP contribution is 2.30. The maximum atomic E-state index is 12.5. The van der Waals surface area contributed by atoms with Gasteiger partial charge in [-0.3, -0.25) is 10.1 Å². The molecule has 0 fully saturated rings. The normalized spacial score (nSPS) is 12.6. The van der Waals surface area contributed by atoms with E-state index in [1.54, 1.807) is 0 Å². The Morgan fingerprint density at radius 3 is 2.48 bits per heavy atom. The SMILES string of the molecule is Cc1cc(C)c2nc(SC(C)C(=O)Nc3nnc(C(C)C)s3)cc(C)c2c1. The highest BCUT2D eigenvalue weighted by molar-refractivity contribution is 8.00. The summed E-state index contributed by atoms with van der Waals surface area (Å²) in [6, 6.07) is 6.36. The molecule has 27 heavy (non-hydrogen) atoms. The summed E-state index contributed by atoms with van der Waals surface area (Å²) in [5.41, 5.74) is 4.56. The van der Waals surface area contributed by atoms with E-state index >= 15 is 0 Å². The molecule has 1 unspecified atom stereocenters. The Morgan fingerprint density at radius 2 is 1.81 bits per heavy atom. The molecule has 0 saturated carbocycles. The van der Waals surface area contributed by atoms with Crippen molar-refractivity contribution in [3.63, 3.8) is 0 Å². The lowest BCUT2D eigenvalue weighted by molar-refractivity contribution is -0.115. The highest BCUT2D eigenvalue weighted by atomic mass is 32.2. The molecule has 3 rings (SSSR count). The highest BCUT2D eigenvalue weighted by Gasteiger charge is 2.18. The molecule has 3 aromatic rings. The fourth-order valence-corrected chi connectivity index (χ4v) is 4.50. The molecule has 0 aliphatic rings. The molecule has 0 saturated heterocycles. The number of anilines is 1. The maximum Gasteiger partial charge on any atom is 0.239 e. The Balaban J connectivity index is 1.76. The first-order valence-electron chi connectivity index (χ1n) is 8.94. The molecule has 0 radical (unpaired) electrons. The summed E-state index contributed by atoms with van der Waals surface area (Å²) in [7, 11) is 0. The Bertz CT molecular complexity index is 997. The van der Waals surface area contributed by atoms with Gasteiger partial charge in [-0.05, 0) is 51.0 Å². The zero-order valence-corrected chi connectivity index (χ0v) is 18.1. The monoisotopic (exact) mass is 400 g/mol. The third-order valence-electron chi connectivity index (χ3n) is 4.26. The van der Waals surface area contributed by atoms with Crippen molar-refractivity contribution in [1.82, 2.24) is 15.2 Å². The van der Waals surface area contributed by atoms with Gasteiger partial charge < -0.3 is 0 Å². The van der Waals surface area contributed by atoms with Gasteiger partial charge in [-0.1, -0.05) is 48.6 Å². The Labute approximate surface area is 168 Å². The second kappa shape index (κ2) is 7.94. The van der Waals surface area contributed by atoms with Crippen LogP contribution in [0.2, 0.25) is 0 Å². The van der Waals surface area contributed by atoms with E-state index in [0.717, 1.165) is 21.1 Å². The number of nitrogens with one attached hydrogen (secondary N) is 1. The van der Waals surface area contributed by atoms with Gasteiger partial charge in [-0.2, -0.15) is 0 Å². The van der Waals surface area contributed by atoms with Crippen molar-refractivity contribution in [3.8, 4) is 0 Å². The number of rotatable bonds is 5. The lowest BCUT2D eigenvalue weighted by Crippen LogP contribution is -2.22. The smallest absolute Gasteiger partial charge is 0.239 e. The number of carbonyl (C=O) groups is 1. The summed E-state index contributed by atoms with van der Waals surface area (Å²) in [5.74, 6) is 0.211. The molecule has 1 aromatic carbocycles. The van der Waals surface area contributed by atoms with Gasteiger partial charge in [-0.25, -0.2) is 4.98 Å². The number of aromatic nitrogens is 3. The number of hydrogen-bond donors (Lipinski definition) is 1. The topological polar surface area (TPSA) is 67.8 Å². The second-order valence-corrected chi connectivity index (χ2v) is 9.48. The van der Waals surface area contributed by atoms with Gasteiger partial charge in [0.15, 0.2) is 0 Å². The van der Waals surface area contributed by atoms with Crippen LogP contribution in [-0.2, 0) is 4.79 Å². The van der Waals surface area contributed by atoms with Crippen LogP contribution in [0.4, 0.5) is 5.13 Å². The Hall–Kier alpha value is -1.99. The third kappa shape index (κ3) is 4.47. The molecule has 5 nitrogen and oxygen atoms in total. The number of carbonyl (C=O) groups excluding carboxylic acids is 1. The quantitative estimate of drug-likeness (QED) is 0.592. The van der Waals surface area contributed by atoms with Gasteiger partial charge >= 0.3 is 0 Å². The van der Waals surface area contributed by atoms with Crippen LogP contribution in [0.1, 0.15) is 48.4 Å². The number of thioether (sulfide) groups is 1. The van der Waals surface area contributed by atoms with Gasteiger partial charge in [0.05, 0.1) is 15.8 Å². The van der Waals surface area contributed by atoms with Crippen molar-refractivity contribution in [2.24, 2.45) is 0 Å². The minimum absolute atomic E-state index is 0.0911. The lowest BCUT2D eigenvalue weighted by Gasteiger charge is -2.13. The van der Waals surface area contributed by atoms with E-state index in [0.29, 0.717) is 11.0 Å². The van der Waals surface area contributed by atoms with Gasteiger partial charge in [-0.15, -0.1) is 10.2 Å². The van der Waals surface area contributed by atoms with Crippen LogP contribution >= 0.6 is 23.1 Å². The van der Waals surface area contributed by atoms with Crippen molar-refractivity contribution >= 4 is 45.0 Å². The Kier molecular flexibility index (Phi) is 5.81. The lowest BCUT2D eigenvalue weighted by atomic mass is 10.0. The largest absolute Gasteiger partial charge is 0.300 e. The number of aryl methyl sites for hydroxylation is 3. The molecule has 1 atom stereocenters. The first kappa shape index (κ1) is 19.8. The molecule has 2 aromatic heterocycles. The fourth-order valence-electron chi connectivity index (χ4n) is 2.83. The fraction of sp³-hybridized carbons (Fsp3) is 0.400. The van der Waals surface area contributed by atoms with Crippen LogP contribution in [0.3, 0.4) is 0 Å². The molecular formula is C20H24N4OS2. The van der Waals surface area contributed by atoms with E-state index in [-0.39, 0.29) is 11.2 Å². The second-order valence-electron chi connectivity index (χ2n) is 7.10. The van der Waals surface area contributed by atoms with Crippen LogP contribution in [0.15, 0.2) is 23.2 Å². The van der Waals surface area contributed by atoms with Gasteiger partial charge in [0.1, 0.15) is 5.01 Å². The standard InChI is InChI=1S/C20H24N4OS2/c1-10(2)19-23-24-20(27-19)22-18(25)14(6)26-16-9-12(4)15-8-11(3)7-13(5)17(15)21-16/h7-10,14H,1-6H3,(H,22,24,25). The van der Waals surface area contributed by atoms with Crippen molar-refractivity contribution in [1.29, 1.82) is 0 Å². The van der Waals surface area contributed by atoms with Gasteiger partial charge in [0, 0.05) is 11.3 Å². The summed E-state index contributed by atoms with van der Waals surface area (Å²) in [6.45, 7) is 12.3. The van der Waals surface area contributed by atoms with E-state index < -0.39 is 0 Å². The molecular weight excluding hydrogens is 376 g/mol. The van der Waals surface area contributed by atoms with E-state index in [1.165, 1.54) is 39.6 Å². The molecule has 1 N–H and O–H groups in total. The zero-order valence-electron chi connectivity index (χ0n) is 16.5. The summed E-state index contributed by atoms with van der Waals surface area (Å²) in [5, 5.41) is 14.2. The van der Waals surface area contributed by atoms with Crippen LogP contribution in [0.5, 0.6) is 0 Å². The minimum Gasteiger partial charge on any atom is -0.300 e. The van der Waals surface area contributed by atoms with Crippen molar-refractivity contribution < 1.29 is 4.79 Å². The summed E-state index contributed by atoms with van der Waals surface area (Å²) in [6.07, 6.45) is 0. The average Bonchev–Trinajstić information content (AvgIpc) is 3.05. The Morgan fingerprint density at radius 1 is 1.07 bits per heavy atom. The summed E-state index contributed by atoms with van der Waals surface area (Å²) >= 11 is 2.88. The van der Waals surface area contributed by atoms with Crippen LogP contribution in [0.25, 0.3) is 10.9 Å². The number of benzene rings is 1. The molecule has 142 valence electrons. The summed E-state index contributed by atoms with van der Waals surface area (Å²) < 4.78 is 0. The number of pyridine rings is 1. The van der Waals surface area contributed by atoms with E-state index in [1.807, 2.05) is 6.92 Å². The molecule has 7 heteroatoms. The number of nitrogens with zero attached hydrogens (tertiary/aromatic N) is 3. The maximum absolute atomic E-state index is 12.5. The molecule has 0 aliphatic heterocycles. The van der Waals surface area contributed by atoms with Crippen molar-refractivity contribution in [2.45, 2.75) is 57.7 Å². The number of hydrogen-bond acceptors (Lipinski definition) is 6. The first-order chi connectivity index (χ1) is 12.7. The molecule has 2 heterocycles. The van der Waals surface area contributed by atoms with Crippen molar-refractivity contribution in [2.75, 3.05) is 5.32 Å². The predicted molar refractivity (Wildman–Crippen MR) is 114 cm³/mol. The molecule has 1 amide bonds. The van der Waals surface area contributed by atoms with E-state index in [9.17, 15) is 4.79 Å². The summed E-state index contributed by atoms with van der Waals surface area (Å²) in [4.78, 5) is 17.3. The van der Waals surface area contributed by atoms with Crippen LogP contribution in [0, 0.1) is 20.8 Å². The number of amides is 1. The minimum atomic E-state index is -0.286. The third-order valence-corrected chi connectivity index (χ3v) is 6.42. The zero-order chi connectivity index (χ0) is 19.7. The van der Waals surface area contributed by atoms with Crippen LogP contribution in [-0.4, -0.2) is 26.3 Å². The van der Waals surface area contributed by atoms with Crippen LogP contribution < -0.4 is 5.32 Å². The molecule has 0 aliphatic carbocycles. The predicted octanol–water partition coefficient (Wildman–Crippen LogP) is 5.25. The van der Waals surface area contributed by atoms with Gasteiger partial charge in [0.2, 0.25) is 11.0 Å². The first-order valence-corrected chi connectivity index (χ1v) is 10.6. The molecule has 0 bridgehead atoms. The van der Waals surface area contributed by atoms with Crippen molar-refractivity contribution in [3.05, 3.63) is 39.9 Å². The van der Waals surface area contributed by atoms with Gasteiger partial charge in [0.25, 0.3) is 0 Å². The van der Waals surface area contributed by atoms with E-state index in [4.69, 9.17) is 4.98 Å². The number of fused-ring (bicyclic) bond motifs is 1.